The third kappa shape index (κ3) is 8.18. The molecule has 14 nitrogen and oxygen atoms in total. The maximum atomic E-state index is 13.7. The number of aromatic nitrogens is 4. The number of fused-ring (bicyclic) bond motifs is 1. The van der Waals surface area contributed by atoms with Crippen LogP contribution in [0, 0.1) is 0 Å². The molecule has 0 radical (unpaired) electrons. The summed E-state index contributed by atoms with van der Waals surface area (Å²) in [6.45, 7) is 1.35. The van der Waals surface area contributed by atoms with E-state index in [1.54, 1.807) is 37.8 Å². The lowest BCUT2D eigenvalue weighted by molar-refractivity contribution is -0.116. The Morgan fingerprint density at radius 2 is 1.40 bits per heavy atom. The Balaban J connectivity index is 1.21. The van der Waals surface area contributed by atoms with E-state index in [4.69, 9.17) is 28.9 Å². The Labute approximate surface area is 358 Å². The molecule has 2 N–H and O–H groups in total. The quantitative estimate of drug-likeness (QED) is 0.0645. The molecule has 1 amide bonds. The molecule has 1 saturated heterocycles. The lowest BCUT2D eigenvalue weighted by Gasteiger charge is -2.37. The largest absolute Gasteiger partial charge is 0.497 e. The van der Waals surface area contributed by atoms with E-state index in [9.17, 15) is 14.7 Å². The average molecular weight is 834 g/mol. The van der Waals surface area contributed by atoms with Crippen LogP contribution in [0.5, 0.6) is 11.5 Å². The number of aliphatic hydroxyl groups is 1. The fourth-order valence-electron chi connectivity index (χ4n) is 7.79. The van der Waals surface area contributed by atoms with E-state index in [1.807, 2.05) is 133 Å². The molecular formula is C48H47N7O7. The first-order valence-corrected chi connectivity index (χ1v) is 20.1. The van der Waals surface area contributed by atoms with Crippen LogP contribution in [-0.4, -0.2) is 88.9 Å². The molecule has 3 heterocycles. The van der Waals surface area contributed by atoms with Crippen molar-refractivity contribution in [1.29, 1.82) is 0 Å². The number of hydrogen-bond donors (Lipinski definition) is 2. The highest BCUT2D eigenvalue weighted by atomic mass is 16.6. The molecule has 316 valence electrons. The van der Waals surface area contributed by atoms with Gasteiger partial charge in [-0.25, -0.2) is 9.98 Å². The number of methoxy groups -OCH3 is 2. The van der Waals surface area contributed by atoms with Crippen LogP contribution >= 0.6 is 0 Å². The van der Waals surface area contributed by atoms with Gasteiger partial charge < -0.3 is 29.0 Å². The number of hydrogen-bond acceptors (Lipinski definition) is 10. The van der Waals surface area contributed by atoms with Crippen LogP contribution in [0.2, 0.25) is 0 Å². The number of carbonyl (C=O) groups is 1. The highest BCUT2D eigenvalue weighted by molar-refractivity contribution is 5.99. The van der Waals surface area contributed by atoms with E-state index < -0.39 is 29.6 Å². The summed E-state index contributed by atoms with van der Waals surface area (Å²) in [5.74, 6) is 1.10. The minimum atomic E-state index is -1.18. The van der Waals surface area contributed by atoms with E-state index in [2.05, 4.69) is 9.98 Å². The van der Waals surface area contributed by atoms with Crippen LogP contribution in [0.3, 0.4) is 0 Å². The van der Waals surface area contributed by atoms with Crippen molar-refractivity contribution < 1.29 is 28.8 Å². The first-order chi connectivity index (χ1) is 30.1. The Morgan fingerprint density at radius 3 is 1.97 bits per heavy atom. The zero-order valence-electron chi connectivity index (χ0n) is 35.0. The summed E-state index contributed by atoms with van der Waals surface area (Å²) in [6.07, 6.45) is -1.31. The zero-order valence-corrected chi connectivity index (χ0v) is 35.0. The molecule has 0 aliphatic carbocycles. The van der Waals surface area contributed by atoms with Gasteiger partial charge in [0, 0.05) is 27.4 Å². The van der Waals surface area contributed by atoms with Gasteiger partial charge >= 0.3 is 0 Å². The number of aromatic amines is 1. The van der Waals surface area contributed by atoms with Gasteiger partial charge in [-0.3, -0.25) is 24.0 Å². The molecule has 8 rings (SSSR count). The van der Waals surface area contributed by atoms with Gasteiger partial charge in [0.15, 0.2) is 11.2 Å². The van der Waals surface area contributed by atoms with E-state index >= 15 is 0 Å². The second kappa shape index (κ2) is 17.8. The van der Waals surface area contributed by atoms with E-state index in [0.29, 0.717) is 17.2 Å². The first-order valence-electron chi connectivity index (χ1n) is 20.1. The third-order valence-corrected chi connectivity index (χ3v) is 10.8. The molecule has 1 aliphatic heterocycles. The van der Waals surface area contributed by atoms with Crippen molar-refractivity contribution in [2.24, 2.45) is 4.99 Å². The summed E-state index contributed by atoms with van der Waals surface area (Å²) in [5, 5.41) is 11.9. The highest BCUT2D eigenvalue weighted by Gasteiger charge is 2.43. The summed E-state index contributed by atoms with van der Waals surface area (Å²) >= 11 is 0. The van der Waals surface area contributed by atoms with Crippen molar-refractivity contribution in [2.45, 2.75) is 37.4 Å². The lowest BCUT2D eigenvalue weighted by atomic mass is 9.80. The van der Waals surface area contributed by atoms with Crippen molar-refractivity contribution in [3.8, 4) is 22.6 Å². The van der Waals surface area contributed by atoms with Crippen molar-refractivity contribution in [3.05, 3.63) is 161 Å². The molecule has 62 heavy (non-hydrogen) atoms. The molecule has 2 aromatic heterocycles. The number of anilines is 2. The number of rotatable bonds is 14. The van der Waals surface area contributed by atoms with Crippen LogP contribution in [0.4, 0.5) is 17.6 Å². The molecule has 0 unspecified atom stereocenters. The van der Waals surface area contributed by atoms with Crippen LogP contribution in [0.25, 0.3) is 22.3 Å². The second-order valence-corrected chi connectivity index (χ2v) is 15.1. The van der Waals surface area contributed by atoms with Crippen molar-refractivity contribution in [2.75, 3.05) is 39.8 Å². The van der Waals surface area contributed by atoms with Gasteiger partial charge in [0.2, 0.25) is 17.8 Å². The maximum Gasteiger partial charge on any atom is 0.280 e. The average Bonchev–Trinajstić information content (AvgIpc) is 3.86. The van der Waals surface area contributed by atoms with Gasteiger partial charge in [-0.1, -0.05) is 97.1 Å². The molecule has 7 aromatic rings. The number of imidazole rings is 1. The van der Waals surface area contributed by atoms with Gasteiger partial charge in [0.05, 0.1) is 39.0 Å². The van der Waals surface area contributed by atoms with Gasteiger partial charge in [-0.2, -0.15) is 4.98 Å². The maximum absolute atomic E-state index is 13.7. The molecule has 0 bridgehead atoms. The number of carbonyl (C=O) groups excluding carboxylic acids is 1. The van der Waals surface area contributed by atoms with Crippen LogP contribution in [-0.2, 0) is 19.9 Å². The molecule has 0 spiro atoms. The number of aliphatic imine (C=N–C) groups is 1. The van der Waals surface area contributed by atoms with Gasteiger partial charge in [-0.05, 0) is 64.2 Å². The predicted octanol–water partition coefficient (Wildman–Crippen LogP) is 7.37. The summed E-state index contributed by atoms with van der Waals surface area (Å²) in [5.41, 5.74) is 3.28. The summed E-state index contributed by atoms with van der Waals surface area (Å²) in [7, 11) is 6.82. The van der Waals surface area contributed by atoms with Gasteiger partial charge in [-0.15, -0.1) is 0 Å². The fourth-order valence-corrected chi connectivity index (χ4v) is 7.79. The highest BCUT2D eigenvalue weighted by Crippen LogP contribution is 2.44. The Kier molecular flexibility index (Phi) is 12.0. The topological polar surface area (TPSA) is 157 Å². The van der Waals surface area contributed by atoms with Crippen molar-refractivity contribution >= 4 is 41.0 Å². The first kappa shape index (κ1) is 41.6. The normalized spacial score (nSPS) is 16.5. The number of H-pyrrole nitrogens is 1. The number of benzene rings is 5. The Morgan fingerprint density at radius 1 is 0.839 bits per heavy atom. The Bertz CT molecular complexity index is 2670. The van der Waals surface area contributed by atoms with Gasteiger partial charge in [0.25, 0.3) is 5.56 Å². The monoisotopic (exact) mass is 833 g/mol. The summed E-state index contributed by atoms with van der Waals surface area (Å²) in [4.78, 5) is 47.0. The number of ether oxygens (including phenoxy) is 4. The number of nitrogens with zero attached hydrogens (tertiary/aromatic N) is 6. The third-order valence-electron chi connectivity index (χ3n) is 10.8. The van der Waals surface area contributed by atoms with Crippen LogP contribution < -0.4 is 19.9 Å². The minimum absolute atomic E-state index is 0.0237. The number of aliphatic hydroxyl groups excluding tert-OH is 1. The van der Waals surface area contributed by atoms with E-state index in [0.717, 1.165) is 27.8 Å². The molecular weight excluding hydrogens is 787 g/mol. The van der Waals surface area contributed by atoms with Crippen LogP contribution in [0.1, 0.15) is 36.3 Å². The molecule has 0 saturated carbocycles. The molecule has 5 aromatic carbocycles. The fraction of sp³-hybridized carbons (Fsp3) is 0.229. The molecule has 1 fully saturated rings. The number of amides is 1. The van der Waals surface area contributed by atoms with Gasteiger partial charge in [0.1, 0.15) is 29.4 Å². The smallest absolute Gasteiger partial charge is 0.280 e. The lowest BCUT2D eigenvalue weighted by Crippen LogP contribution is -2.38. The summed E-state index contributed by atoms with van der Waals surface area (Å²) < 4.78 is 26.5. The SMILES string of the molecule is COc1ccc(C(OC[C@H]2O[C@@H](n3c(N(C(C)=O)c4ccc(-c5ccccc5)cc4)nc4c(=O)[nH]c(/N=C/N(C)C)nc43)C[C@@H]2O)(c2ccccc2)c2ccc(OC)cc2)cc1. The standard InChI is InChI=1S/C48H47N7O7/c1-31(56)54(37-22-16-33(17-23-37)32-12-8-6-9-13-32)47-50-43-44(51-46(52-45(43)58)49-30-53(2)3)55(47)42-28-40(57)41(62-42)29-61-48(34-14-10-7-11-15-34,35-18-24-38(59-4)25-19-35)36-20-26-39(60-5)27-21-36/h6-27,30,40-42,57H,28-29H2,1-5H3,(H,51,52,58)/b49-30+/t40-,41+,42+/m0/s1. The molecule has 14 heteroatoms. The number of nitrogens with one attached hydrogen (secondary N) is 1. The Hall–Kier alpha value is -7.13. The van der Waals surface area contributed by atoms with Crippen molar-refractivity contribution in [3.63, 3.8) is 0 Å². The molecule has 3 atom stereocenters. The van der Waals surface area contributed by atoms with Crippen molar-refractivity contribution in [1.82, 2.24) is 24.4 Å². The zero-order chi connectivity index (χ0) is 43.4. The summed E-state index contributed by atoms with van der Waals surface area (Å²) in [6, 6.07) is 42.5. The second-order valence-electron chi connectivity index (χ2n) is 15.1. The van der Waals surface area contributed by atoms with E-state index in [-0.39, 0.29) is 42.0 Å². The van der Waals surface area contributed by atoms with Crippen LogP contribution in [0.15, 0.2) is 143 Å². The predicted molar refractivity (Wildman–Crippen MR) is 237 cm³/mol. The van der Waals surface area contributed by atoms with E-state index in [1.165, 1.54) is 18.2 Å². The minimum Gasteiger partial charge on any atom is -0.497 e. The molecule has 1 aliphatic rings.